The highest BCUT2D eigenvalue weighted by Gasteiger charge is 2.46. The first-order valence-corrected chi connectivity index (χ1v) is 6.78. The second kappa shape index (κ2) is 3.34. The van der Waals surface area contributed by atoms with Crippen molar-refractivity contribution in [1.29, 1.82) is 5.41 Å². The molecule has 1 N–H and O–H groups in total. The second-order valence-corrected chi connectivity index (χ2v) is 5.80. The van der Waals surface area contributed by atoms with Gasteiger partial charge in [0.2, 0.25) is 0 Å². The van der Waals surface area contributed by atoms with E-state index in [0.717, 1.165) is 24.2 Å². The van der Waals surface area contributed by atoms with Gasteiger partial charge >= 0.3 is 0 Å². The molecule has 0 spiro atoms. The lowest BCUT2D eigenvalue weighted by atomic mass is 10.1. The largest absolute Gasteiger partial charge is 0.349 e. The van der Waals surface area contributed by atoms with Crippen LogP contribution in [0.25, 0.3) is 0 Å². The normalized spacial score (nSPS) is 23.4. The van der Waals surface area contributed by atoms with Gasteiger partial charge in [0, 0.05) is 18.2 Å². The van der Waals surface area contributed by atoms with Crippen LogP contribution >= 0.6 is 0 Å². The number of amidine groups is 1. The summed E-state index contributed by atoms with van der Waals surface area (Å²) in [5, 5.41) is 8.39. The Morgan fingerprint density at radius 3 is 2.29 bits per heavy atom. The fourth-order valence-electron chi connectivity index (χ4n) is 3.33. The van der Waals surface area contributed by atoms with E-state index in [1.54, 1.807) is 0 Å². The minimum absolute atomic E-state index is 0.676. The molecule has 2 heteroatoms. The Morgan fingerprint density at radius 1 is 1.06 bits per heavy atom. The van der Waals surface area contributed by atoms with Crippen LogP contribution in [0.2, 0.25) is 0 Å². The van der Waals surface area contributed by atoms with Gasteiger partial charge in [-0.05, 0) is 43.1 Å². The van der Waals surface area contributed by atoms with Gasteiger partial charge < -0.3 is 4.90 Å². The van der Waals surface area contributed by atoms with Gasteiger partial charge in [-0.3, -0.25) is 5.41 Å². The van der Waals surface area contributed by atoms with Crippen molar-refractivity contribution >= 4 is 5.84 Å². The van der Waals surface area contributed by atoms with Gasteiger partial charge in [0.25, 0.3) is 0 Å². The first-order chi connectivity index (χ1) is 8.34. The molecule has 0 radical (unpaired) electrons. The topological polar surface area (TPSA) is 27.1 Å². The van der Waals surface area contributed by atoms with Crippen LogP contribution in [0.15, 0.2) is 24.3 Å². The zero-order valence-corrected chi connectivity index (χ0v) is 10.0. The first-order valence-electron chi connectivity index (χ1n) is 6.78. The summed E-state index contributed by atoms with van der Waals surface area (Å²) in [6.07, 6.45) is 5.56. The Bertz CT molecular complexity index is 460. The quantitative estimate of drug-likeness (QED) is 0.842. The van der Waals surface area contributed by atoms with Crippen molar-refractivity contribution in [2.75, 3.05) is 0 Å². The van der Waals surface area contributed by atoms with Gasteiger partial charge in [-0.15, -0.1) is 0 Å². The molecule has 0 atom stereocenters. The molecule has 0 unspecified atom stereocenters. The van der Waals surface area contributed by atoms with Crippen molar-refractivity contribution in [1.82, 2.24) is 4.90 Å². The van der Waals surface area contributed by atoms with Crippen molar-refractivity contribution in [3.63, 3.8) is 0 Å². The molecular formula is C15H18N2. The molecule has 2 aliphatic carbocycles. The fourth-order valence-corrected chi connectivity index (χ4v) is 3.33. The van der Waals surface area contributed by atoms with Crippen LogP contribution in [-0.4, -0.2) is 16.8 Å². The highest BCUT2D eigenvalue weighted by atomic mass is 15.2. The van der Waals surface area contributed by atoms with E-state index in [2.05, 4.69) is 29.2 Å². The monoisotopic (exact) mass is 226 g/mol. The molecule has 88 valence electrons. The van der Waals surface area contributed by atoms with E-state index >= 15 is 0 Å². The number of nitrogens with one attached hydrogen (secondary N) is 1. The average molecular weight is 226 g/mol. The van der Waals surface area contributed by atoms with E-state index < -0.39 is 0 Å². The van der Waals surface area contributed by atoms with Gasteiger partial charge in [-0.1, -0.05) is 24.3 Å². The van der Waals surface area contributed by atoms with Gasteiger partial charge in [-0.2, -0.15) is 0 Å². The molecule has 1 heterocycles. The van der Waals surface area contributed by atoms with E-state index in [0.29, 0.717) is 6.04 Å². The van der Waals surface area contributed by atoms with Crippen LogP contribution in [0.1, 0.15) is 36.8 Å². The Kier molecular flexibility index (Phi) is 1.91. The molecule has 0 aromatic heterocycles. The number of nitrogens with zero attached hydrogens (tertiary/aromatic N) is 1. The molecule has 0 saturated heterocycles. The molecule has 4 rings (SSSR count). The number of fused-ring (bicyclic) bond motifs is 1. The maximum Gasteiger partial charge on any atom is 0.128 e. The van der Waals surface area contributed by atoms with Crippen molar-refractivity contribution < 1.29 is 0 Å². The second-order valence-electron chi connectivity index (χ2n) is 5.80. The molecular weight excluding hydrogens is 208 g/mol. The minimum atomic E-state index is 0.676. The lowest BCUT2D eigenvalue weighted by Crippen LogP contribution is -2.38. The molecule has 1 aliphatic heterocycles. The molecule has 1 aromatic carbocycles. The summed E-state index contributed by atoms with van der Waals surface area (Å²) in [6.45, 7) is 0.979. The predicted molar refractivity (Wildman–Crippen MR) is 68.0 cm³/mol. The first kappa shape index (κ1) is 9.69. The molecule has 1 aromatic rings. The van der Waals surface area contributed by atoms with Crippen LogP contribution in [0.3, 0.4) is 0 Å². The van der Waals surface area contributed by atoms with Crippen LogP contribution in [-0.2, 0) is 6.54 Å². The molecule has 0 bridgehead atoms. The Balaban J connectivity index is 1.66. The number of hydrogen-bond acceptors (Lipinski definition) is 1. The highest BCUT2D eigenvalue weighted by molar-refractivity contribution is 6.00. The number of rotatable bonds is 3. The Morgan fingerprint density at radius 2 is 1.71 bits per heavy atom. The number of hydrogen-bond donors (Lipinski definition) is 1. The molecule has 2 fully saturated rings. The van der Waals surface area contributed by atoms with Gasteiger partial charge in [0.1, 0.15) is 5.84 Å². The summed E-state index contributed by atoms with van der Waals surface area (Å²) in [7, 11) is 0. The van der Waals surface area contributed by atoms with Crippen molar-refractivity contribution in [3.8, 4) is 0 Å². The lowest BCUT2D eigenvalue weighted by molar-refractivity contribution is 0.254. The van der Waals surface area contributed by atoms with Gasteiger partial charge in [-0.25, -0.2) is 0 Å². The molecule has 0 amide bonds. The van der Waals surface area contributed by atoms with E-state index in [1.807, 2.05) is 0 Å². The summed E-state index contributed by atoms with van der Waals surface area (Å²) in [5.41, 5.74) is 2.52. The van der Waals surface area contributed by atoms with E-state index in [1.165, 1.54) is 36.8 Å². The predicted octanol–water partition coefficient (Wildman–Crippen LogP) is 3.02. The van der Waals surface area contributed by atoms with Gasteiger partial charge in [0.05, 0.1) is 0 Å². The van der Waals surface area contributed by atoms with E-state index in [9.17, 15) is 0 Å². The SMILES string of the molecule is N=C1c2ccccc2CN1C(C1CC1)C1CC1. The minimum Gasteiger partial charge on any atom is -0.349 e. The zero-order chi connectivity index (χ0) is 11.4. The van der Waals surface area contributed by atoms with Crippen LogP contribution in [0.5, 0.6) is 0 Å². The Labute approximate surface area is 102 Å². The smallest absolute Gasteiger partial charge is 0.128 e. The van der Waals surface area contributed by atoms with Crippen LogP contribution in [0, 0.1) is 17.2 Å². The fraction of sp³-hybridized carbons (Fsp3) is 0.533. The molecule has 3 aliphatic rings. The third-order valence-electron chi connectivity index (χ3n) is 4.47. The molecule has 2 nitrogen and oxygen atoms in total. The summed E-state index contributed by atoms with van der Waals surface area (Å²) in [5.74, 6) is 2.55. The zero-order valence-electron chi connectivity index (χ0n) is 10.0. The summed E-state index contributed by atoms with van der Waals surface area (Å²) in [6, 6.07) is 9.11. The molecule has 17 heavy (non-hydrogen) atoms. The standard InChI is InChI=1S/C15H18N2/c16-15-13-4-2-1-3-12(13)9-17(15)14(10-5-6-10)11-7-8-11/h1-4,10-11,14,16H,5-9H2. The van der Waals surface area contributed by atoms with Crippen LogP contribution in [0.4, 0.5) is 0 Å². The van der Waals surface area contributed by atoms with E-state index in [-0.39, 0.29) is 0 Å². The maximum atomic E-state index is 8.39. The third kappa shape index (κ3) is 1.50. The maximum absolute atomic E-state index is 8.39. The van der Waals surface area contributed by atoms with Crippen LogP contribution < -0.4 is 0 Å². The Hall–Kier alpha value is -1.31. The average Bonchev–Trinajstić information content (AvgIpc) is 3.22. The van der Waals surface area contributed by atoms with Crippen molar-refractivity contribution in [3.05, 3.63) is 35.4 Å². The van der Waals surface area contributed by atoms with Crippen molar-refractivity contribution in [2.45, 2.75) is 38.3 Å². The summed E-state index contributed by atoms with van der Waals surface area (Å²) < 4.78 is 0. The van der Waals surface area contributed by atoms with E-state index in [4.69, 9.17) is 5.41 Å². The van der Waals surface area contributed by atoms with Crippen molar-refractivity contribution in [2.24, 2.45) is 11.8 Å². The summed E-state index contributed by atoms with van der Waals surface area (Å²) >= 11 is 0. The summed E-state index contributed by atoms with van der Waals surface area (Å²) in [4.78, 5) is 2.39. The van der Waals surface area contributed by atoms with Gasteiger partial charge in [0.15, 0.2) is 0 Å². The molecule has 2 saturated carbocycles. The highest BCUT2D eigenvalue weighted by Crippen LogP contribution is 2.48. The number of benzene rings is 1. The third-order valence-corrected chi connectivity index (χ3v) is 4.47. The lowest BCUT2D eigenvalue weighted by Gasteiger charge is -2.29.